The Morgan fingerprint density at radius 1 is 1.47 bits per heavy atom. The summed E-state index contributed by atoms with van der Waals surface area (Å²) in [5.74, 6) is 0.479. The van der Waals surface area contributed by atoms with Gasteiger partial charge in [-0.3, -0.25) is 0 Å². The topological polar surface area (TPSA) is 76.5 Å². The first-order chi connectivity index (χ1) is 8.04. The molecule has 1 aliphatic heterocycles. The normalized spacial score (nSPS) is 18.1. The van der Waals surface area contributed by atoms with E-state index in [-0.39, 0.29) is 11.6 Å². The lowest BCUT2D eigenvalue weighted by atomic mass is 10.1. The molecule has 2 heterocycles. The highest BCUT2D eigenvalue weighted by atomic mass is 32.2. The third-order valence-electron chi connectivity index (χ3n) is 2.83. The van der Waals surface area contributed by atoms with Crippen LogP contribution in [0.2, 0.25) is 0 Å². The predicted octanol–water partition coefficient (Wildman–Crippen LogP) is 1.08. The zero-order valence-electron chi connectivity index (χ0n) is 9.72. The van der Waals surface area contributed by atoms with Crippen LogP contribution in [0.3, 0.4) is 0 Å². The molecule has 2 rings (SSSR count). The van der Waals surface area contributed by atoms with E-state index < -0.39 is 10.0 Å². The molecular formula is C11H16N2O3S. The minimum Gasteiger partial charge on any atom is -0.447 e. The SMILES string of the molecule is CC1=CCN(S(=O)(=O)c2ccc(CN)o2)CC1. The largest absolute Gasteiger partial charge is 0.447 e. The second-order valence-electron chi connectivity index (χ2n) is 4.09. The van der Waals surface area contributed by atoms with Crippen molar-refractivity contribution in [3.63, 3.8) is 0 Å². The Morgan fingerprint density at radius 3 is 2.76 bits per heavy atom. The van der Waals surface area contributed by atoms with Crippen molar-refractivity contribution in [1.29, 1.82) is 0 Å². The third-order valence-corrected chi connectivity index (χ3v) is 4.57. The van der Waals surface area contributed by atoms with Gasteiger partial charge in [0.25, 0.3) is 10.0 Å². The standard InChI is InChI=1S/C11H16N2O3S/c1-9-4-6-13(7-5-9)17(14,15)11-3-2-10(8-12)16-11/h2-4H,5-8,12H2,1H3. The van der Waals surface area contributed by atoms with Crippen LogP contribution in [-0.2, 0) is 16.6 Å². The molecule has 0 aromatic carbocycles. The summed E-state index contributed by atoms with van der Waals surface area (Å²) in [5.41, 5.74) is 6.61. The summed E-state index contributed by atoms with van der Waals surface area (Å²) < 4.78 is 31.0. The molecule has 17 heavy (non-hydrogen) atoms. The minimum absolute atomic E-state index is 0.0223. The fraction of sp³-hybridized carbons (Fsp3) is 0.455. The second-order valence-corrected chi connectivity index (χ2v) is 5.96. The van der Waals surface area contributed by atoms with Gasteiger partial charge in [-0.1, -0.05) is 11.6 Å². The third kappa shape index (κ3) is 2.43. The van der Waals surface area contributed by atoms with Gasteiger partial charge in [0, 0.05) is 13.1 Å². The summed E-state index contributed by atoms with van der Waals surface area (Å²) in [7, 11) is -3.51. The lowest BCUT2D eigenvalue weighted by Crippen LogP contribution is -2.34. The van der Waals surface area contributed by atoms with Gasteiger partial charge >= 0.3 is 0 Å². The Hall–Kier alpha value is -1.11. The number of furan rings is 1. The van der Waals surface area contributed by atoms with Crippen LogP contribution in [0.5, 0.6) is 0 Å². The number of nitrogens with zero attached hydrogens (tertiary/aromatic N) is 1. The zero-order chi connectivity index (χ0) is 12.5. The van der Waals surface area contributed by atoms with Crippen LogP contribution in [0.25, 0.3) is 0 Å². The Labute approximate surface area is 101 Å². The van der Waals surface area contributed by atoms with Gasteiger partial charge in [0.05, 0.1) is 6.54 Å². The molecule has 0 aliphatic carbocycles. The van der Waals surface area contributed by atoms with Crippen LogP contribution in [0.4, 0.5) is 0 Å². The van der Waals surface area contributed by atoms with Gasteiger partial charge in [-0.15, -0.1) is 0 Å². The van der Waals surface area contributed by atoms with Crippen molar-refractivity contribution in [3.05, 3.63) is 29.5 Å². The molecule has 0 atom stereocenters. The lowest BCUT2D eigenvalue weighted by Gasteiger charge is -2.23. The van der Waals surface area contributed by atoms with Crippen LogP contribution in [-0.4, -0.2) is 25.8 Å². The maximum Gasteiger partial charge on any atom is 0.276 e. The van der Waals surface area contributed by atoms with Crippen molar-refractivity contribution >= 4 is 10.0 Å². The Kier molecular flexibility index (Phi) is 3.37. The van der Waals surface area contributed by atoms with E-state index in [2.05, 4.69) is 0 Å². The maximum absolute atomic E-state index is 12.2. The first kappa shape index (κ1) is 12.3. The maximum atomic E-state index is 12.2. The van der Waals surface area contributed by atoms with Gasteiger partial charge < -0.3 is 10.2 Å². The molecule has 0 bridgehead atoms. The van der Waals surface area contributed by atoms with E-state index in [1.807, 2.05) is 13.0 Å². The molecule has 6 heteroatoms. The molecule has 5 nitrogen and oxygen atoms in total. The average Bonchev–Trinajstić information content (AvgIpc) is 2.78. The highest BCUT2D eigenvalue weighted by molar-refractivity contribution is 7.89. The molecule has 0 amide bonds. The van der Waals surface area contributed by atoms with E-state index in [9.17, 15) is 8.42 Å². The highest BCUT2D eigenvalue weighted by Crippen LogP contribution is 2.21. The van der Waals surface area contributed by atoms with E-state index in [0.29, 0.717) is 18.8 Å². The summed E-state index contributed by atoms with van der Waals surface area (Å²) >= 11 is 0. The van der Waals surface area contributed by atoms with Crippen molar-refractivity contribution < 1.29 is 12.8 Å². The Bertz CT molecular complexity index is 531. The van der Waals surface area contributed by atoms with Crippen LogP contribution >= 0.6 is 0 Å². The van der Waals surface area contributed by atoms with Crippen LogP contribution in [0, 0.1) is 0 Å². The second kappa shape index (κ2) is 4.64. The summed E-state index contributed by atoms with van der Waals surface area (Å²) in [4.78, 5) is 0. The van der Waals surface area contributed by atoms with E-state index in [0.717, 1.165) is 6.42 Å². The first-order valence-corrected chi connectivity index (χ1v) is 6.92. The molecule has 94 valence electrons. The fourth-order valence-corrected chi connectivity index (χ4v) is 3.01. The number of nitrogens with two attached hydrogens (primary N) is 1. The smallest absolute Gasteiger partial charge is 0.276 e. The molecule has 0 fully saturated rings. The Morgan fingerprint density at radius 2 is 2.24 bits per heavy atom. The molecular weight excluding hydrogens is 240 g/mol. The van der Waals surface area contributed by atoms with Gasteiger partial charge in [-0.2, -0.15) is 4.31 Å². The molecule has 0 unspecified atom stereocenters. The molecule has 0 saturated carbocycles. The van der Waals surface area contributed by atoms with E-state index in [1.165, 1.54) is 15.9 Å². The minimum atomic E-state index is -3.51. The highest BCUT2D eigenvalue weighted by Gasteiger charge is 2.28. The van der Waals surface area contributed by atoms with E-state index in [4.69, 9.17) is 10.2 Å². The predicted molar refractivity (Wildman–Crippen MR) is 63.7 cm³/mol. The quantitative estimate of drug-likeness (QED) is 0.821. The number of rotatable bonds is 3. The number of hydrogen-bond acceptors (Lipinski definition) is 4. The number of hydrogen-bond donors (Lipinski definition) is 1. The van der Waals surface area contributed by atoms with Crippen molar-refractivity contribution in [2.24, 2.45) is 5.73 Å². The molecule has 0 radical (unpaired) electrons. The van der Waals surface area contributed by atoms with Crippen molar-refractivity contribution in [1.82, 2.24) is 4.31 Å². The van der Waals surface area contributed by atoms with E-state index in [1.54, 1.807) is 6.07 Å². The zero-order valence-corrected chi connectivity index (χ0v) is 10.5. The van der Waals surface area contributed by atoms with Crippen LogP contribution in [0.15, 0.2) is 33.3 Å². The molecule has 2 N–H and O–H groups in total. The number of sulfonamides is 1. The van der Waals surface area contributed by atoms with Crippen molar-refractivity contribution in [2.75, 3.05) is 13.1 Å². The van der Waals surface area contributed by atoms with Gasteiger partial charge in [0.2, 0.25) is 5.09 Å². The molecule has 1 aliphatic rings. The first-order valence-electron chi connectivity index (χ1n) is 5.48. The monoisotopic (exact) mass is 256 g/mol. The summed E-state index contributed by atoms with van der Waals surface area (Å²) in [6, 6.07) is 3.06. The van der Waals surface area contributed by atoms with Gasteiger partial charge in [-0.25, -0.2) is 8.42 Å². The summed E-state index contributed by atoms with van der Waals surface area (Å²) in [6.07, 6.45) is 2.69. The van der Waals surface area contributed by atoms with Crippen LogP contribution < -0.4 is 5.73 Å². The molecule has 1 aromatic rings. The van der Waals surface area contributed by atoms with Gasteiger partial charge in [0.1, 0.15) is 5.76 Å². The van der Waals surface area contributed by atoms with Crippen LogP contribution in [0.1, 0.15) is 19.1 Å². The lowest BCUT2D eigenvalue weighted by molar-refractivity contribution is 0.376. The molecule has 0 saturated heterocycles. The van der Waals surface area contributed by atoms with Crippen molar-refractivity contribution in [2.45, 2.75) is 25.0 Å². The summed E-state index contributed by atoms with van der Waals surface area (Å²) in [6.45, 7) is 3.12. The molecule has 0 spiro atoms. The van der Waals surface area contributed by atoms with Gasteiger partial charge in [0.15, 0.2) is 0 Å². The fourth-order valence-electron chi connectivity index (χ4n) is 1.70. The van der Waals surface area contributed by atoms with Gasteiger partial charge in [-0.05, 0) is 25.5 Å². The molecule has 1 aromatic heterocycles. The van der Waals surface area contributed by atoms with Crippen molar-refractivity contribution in [3.8, 4) is 0 Å². The summed E-state index contributed by atoms with van der Waals surface area (Å²) in [5, 5.41) is -0.0223. The van der Waals surface area contributed by atoms with E-state index >= 15 is 0 Å². The average molecular weight is 256 g/mol. The Balaban J connectivity index is 2.24.